The van der Waals surface area contributed by atoms with Gasteiger partial charge in [-0.25, -0.2) is 4.79 Å². The van der Waals surface area contributed by atoms with Crippen molar-refractivity contribution < 1.29 is 43.6 Å². The van der Waals surface area contributed by atoms with E-state index in [0.29, 0.717) is 29.7 Å². The van der Waals surface area contributed by atoms with Crippen LogP contribution >= 0.6 is 0 Å². The van der Waals surface area contributed by atoms with Crippen LogP contribution in [0.3, 0.4) is 0 Å². The third kappa shape index (κ3) is 17.6. The van der Waals surface area contributed by atoms with Crippen LogP contribution in [-0.4, -0.2) is 78.5 Å². The van der Waals surface area contributed by atoms with Crippen LogP contribution in [0.2, 0.25) is 0 Å². The number of hydrogen-bond acceptors (Lipinski definition) is 9. The number of carbonyl (C=O) groups excluding carboxylic acids is 3. The normalized spacial score (nSPS) is 14.8. The predicted octanol–water partition coefficient (Wildman–Crippen LogP) is 4.11. The molecule has 1 aliphatic heterocycles. The van der Waals surface area contributed by atoms with Crippen LogP contribution in [0.5, 0.6) is 0 Å². The van der Waals surface area contributed by atoms with E-state index in [9.17, 15) is 14.4 Å². The lowest BCUT2D eigenvalue weighted by Crippen LogP contribution is -2.33. The second kappa shape index (κ2) is 18.5. The van der Waals surface area contributed by atoms with Gasteiger partial charge in [0.15, 0.2) is 0 Å². The van der Waals surface area contributed by atoms with Gasteiger partial charge in [0, 0.05) is 40.3 Å². The van der Waals surface area contributed by atoms with Crippen molar-refractivity contribution in [2.24, 2.45) is 17.8 Å². The average Bonchev–Trinajstić information content (AvgIpc) is 3.09. The number of ether oxygens (including phenoxy) is 3. The van der Waals surface area contributed by atoms with E-state index in [1.165, 1.54) is 0 Å². The Balaban J connectivity index is 0. The maximum absolute atomic E-state index is 11.5. The zero-order chi connectivity index (χ0) is 28.5. The Kier molecular flexibility index (Phi) is 18.7. The Morgan fingerprint density at radius 2 is 1.31 bits per heavy atom. The summed E-state index contributed by atoms with van der Waals surface area (Å²) >= 11 is 0. The summed E-state index contributed by atoms with van der Waals surface area (Å²) in [5.41, 5.74) is -0.316. The van der Waals surface area contributed by atoms with Crippen LogP contribution < -0.4 is 0 Å². The third-order valence-corrected chi connectivity index (χ3v) is 5.84. The summed E-state index contributed by atoms with van der Waals surface area (Å²) in [6, 6.07) is 0. The van der Waals surface area contributed by atoms with Gasteiger partial charge in [0.25, 0.3) is 11.8 Å². The lowest BCUT2D eigenvalue weighted by atomic mass is 9.88. The molecular formula is C26H51NO9. The summed E-state index contributed by atoms with van der Waals surface area (Å²) in [7, 11) is 3.30. The zero-order valence-corrected chi connectivity index (χ0v) is 24.1. The number of hydroxylamine groups is 2. The standard InChI is InChI=1S/C14H23NO5.2C6H14O2/c1-9(2)7-11(10(3)4)8-19-14(18)20-15-12(16)5-6-13(15)17;2*1-6(2,8-3)4-5-7/h9-11H,5-8H2,1-4H3;2*7H,4-5H2,1-3H3. The quantitative estimate of drug-likeness (QED) is 0.288. The molecule has 0 saturated carbocycles. The Bertz CT molecular complexity index is 599. The largest absolute Gasteiger partial charge is 0.533 e. The molecule has 2 amide bonds. The van der Waals surface area contributed by atoms with Crippen molar-refractivity contribution in [3.8, 4) is 0 Å². The van der Waals surface area contributed by atoms with Crippen LogP contribution in [0.4, 0.5) is 4.79 Å². The minimum absolute atomic E-state index is 0.0775. The lowest BCUT2D eigenvalue weighted by molar-refractivity contribution is -0.177. The van der Waals surface area contributed by atoms with Crippen molar-refractivity contribution in [3.63, 3.8) is 0 Å². The molecule has 1 aliphatic rings. The molecule has 0 aliphatic carbocycles. The number of imide groups is 1. The van der Waals surface area contributed by atoms with Crippen molar-refractivity contribution in [2.75, 3.05) is 34.0 Å². The van der Waals surface area contributed by atoms with E-state index < -0.39 is 18.0 Å². The fourth-order valence-electron chi connectivity index (χ4n) is 2.81. The Labute approximate surface area is 217 Å². The second-order valence-corrected chi connectivity index (χ2v) is 10.7. The van der Waals surface area contributed by atoms with Gasteiger partial charge in [-0.15, -0.1) is 0 Å². The molecule has 1 rings (SSSR count). The molecule has 0 aromatic heterocycles. The van der Waals surface area contributed by atoms with Gasteiger partial charge < -0.3 is 24.4 Å². The third-order valence-electron chi connectivity index (χ3n) is 5.84. The zero-order valence-electron chi connectivity index (χ0n) is 24.1. The molecule has 36 heavy (non-hydrogen) atoms. The van der Waals surface area contributed by atoms with Crippen molar-refractivity contribution in [1.82, 2.24) is 5.06 Å². The number of nitrogens with zero attached hydrogens (tertiary/aromatic N) is 1. The highest BCUT2D eigenvalue weighted by molar-refractivity contribution is 6.01. The van der Waals surface area contributed by atoms with E-state index in [1.807, 2.05) is 27.7 Å². The molecule has 10 nitrogen and oxygen atoms in total. The Morgan fingerprint density at radius 3 is 1.58 bits per heavy atom. The number of hydrogen-bond donors (Lipinski definition) is 2. The van der Waals surface area contributed by atoms with Gasteiger partial charge in [0.05, 0.1) is 17.8 Å². The van der Waals surface area contributed by atoms with Gasteiger partial charge in [-0.05, 0) is 64.7 Å². The molecule has 1 unspecified atom stereocenters. The lowest BCUT2D eigenvalue weighted by Gasteiger charge is -2.22. The topological polar surface area (TPSA) is 132 Å². The van der Waals surface area contributed by atoms with E-state index >= 15 is 0 Å². The van der Waals surface area contributed by atoms with Gasteiger partial charge in [-0.2, -0.15) is 0 Å². The maximum atomic E-state index is 11.5. The van der Waals surface area contributed by atoms with E-state index in [0.717, 1.165) is 6.42 Å². The molecule has 0 radical (unpaired) electrons. The fourth-order valence-corrected chi connectivity index (χ4v) is 2.81. The fraction of sp³-hybridized carbons (Fsp3) is 0.885. The van der Waals surface area contributed by atoms with E-state index in [1.54, 1.807) is 14.2 Å². The summed E-state index contributed by atoms with van der Waals surface area (Å²) in [5, 5.41) is 17.4. The van der Waals surface area contributed by atoms with Gasteiger partial charge in [-0.3, -0.25) is 14.4 Å². The highest BCUT2D eigenvalue weighted by Gasteiger charge is 2.33. The monoisotopic (exact) mass is 521 g/mol. The summed E-state index contributed by atoms with van der Waals surface area (Å²) in [6.07, 6.45) is 1.49. The molecule has 0 spiro atoms. The predicted molar refractivity (Wildman–Crippen MR) is 137 cm³/mol. The van der Waals surface area contributed by atoms with Gasteiger partial charge in [0.2, 0.25) is 0 Å². The SMILES string of the molecule is CC(C)CC(COC(=O)ON1C(=O)CCC1=O)C(C)C.COC(C)(C)CCO.COC(C)(C)CCO. The van der Waals surface area contributed by atoms with Crippen LogP contribution in [0.25, 0.3) is 0 Å². The number of aliphatic hydroxyl groups is 2. The van der Waals surface area contributed by atoms with Crippen molar-refractivity contribution in [2.45, 2.75) is 98.7 Å². The Hall–Kier alpha value is -1.75. The highest BCUT2D eigenvalue weighted by atomic mass is 16.8. The van der Waals surface area contributed by atoms with Gasteiger partial charge in [0.1, 0.15) is 0 Å². The number of rotatable bonds is 12. The minimum Gasteiger partial charge on any atom is -0.432 e. The van der Waals surface area contributed by atoms with Crippen molar-refractivity contribution in [3.05, 3.63) is 0 Å². The van der Waals surface area contributed by atoms with Crippen LogP contribution in [0.15, 0.2) is 0 Å². The molecule has 2 N–H and O–H groups in total. The molecule has 214 valence electrons. The number of methoxy groups -OCH3 is 2. The molecule has 0 bridgehead atoms. The Morgan fingerprint density at radius 1 is 0.889 bits per heavy atom. The minimum atomic E-state index is -0.997. The first-order chi connectivity index (χ1) is 16.6. The second-order valence-electron chi connectivity index (χ2n) is 10.7. The first-order valence-corrected chi connectivity index (χ1v) is 12.6. The molecule has 1 heterocycles. The van der Waals surface area contributed by atoms with Gasteiger partial charge >= 0.3 is 6.16 Å². The number of amides is 2. The van der Waals surface area contributed by atoms with Crippen LogP contribution in [0.1, 0.15) is 87.5 Å². The average molecular weight is 522 g/mol. The summed E-state index contributed by atoms with van der Waals surface area (Å²) in [5.74, 6) is 0.0978. The number of carbonyl (C=O) groups is 3. The molecule has 1 saturated heterocycles. The summed E-state index contributed by atoms with van der Waals surface area (Å²) in [6.45, 7) is 16.8. The molecule has 1 atom stereocenters. The van der Waals surface area contributed by atoms with E-state index in [4.69, 9.17) is 24.4 Å². The number of aliphatic hydroxyl groups excluding tert-OH is 2. The smallest absolute Gasteiger partial charge is 0.432 e. The van der Waals surface area contributed by atoms with E-state index in [2.05, 4.69) is 32.5 Å². The van der Waals surface area contributed by atoms with Crippen molar-refractivity contribution >= 4 is 18.0 Å². The van der Waals surface area contributed by atoms with Crippen LogP contribution in [0, 0.1) is 17.8 Å². The maximum Gasteiger partial charge on any atom is 0.533 e. The summed E-state index contributed by atoms with van der Waals surface area (Å²) in [4.78, 5) is 38.7. The molecular weight excluding hydrogens is 470 g/mol. The molecule has 1 fully saturated rings. The van der Waals surface area contributed by atoms with E-state index in [-0.39, 0.29) is 49.8 Å². The molecule has 0 aromatic carbocycles. The van der Waals surface area contributed by atoms with Crippen molar-refractivity contribution in [1.29, 1.82) is 0 Å². The van der Waals surface area contributed by atoms with Gasteiger partial charge in [-0.1, -0.05) is 32.8 Å². The van der Waals surface area contributed by atoms with Crippen LogP contribution in [-0.2, 0) is 28.6 Å². The first-order valence-electron chi connectivity index (χ1n) is 12.6. The molecule has 10 heteroatoms. The first kappa shape index (κ1) is 36.4. The summed E-state index contributed by atoms with van der Waals surface area (Å²) < 4.78 is 15.1. The molecule has 0 aromatic rings. The highest BCUT2D eigenvalue weighted by Crippen LogP contribution is 2.21.